The minimum Gasteiger partial charge on any atom is -0.463 e. The fourth-order valence-electron chi connectivity index (χ4n) is 5.71. The molecule has 0 bridgehead atoms. The molecule has 5 nitrogen and oxygen atoms in total. The van der Waals surface area contributed by atoms with Crippen LogP contribution in [0.1, 0.15) is 194 Å². The molecule has 262 valence electrons. The van der Waals surface area contributed by atoms with Gasteiger partial charge < -0.3 is 13.9 Å². The molecule has 0 unspecified atom stereocenters. The molecule has 0 saturated heterocycles. The van der Waals surface area contributed by atoms with Gasteiger partial charge in [0.15, 0.2) is 8.32 Å². The van der Waals surface area contributed by atoms with Crippen molar-refractivity contribution in [2.75, 3.05) is 13.2 Å². The molecule has 0 aliphatic rings. The predicted molar refractivity (Wildman–Crippen MR) is 191 cm³/mol. The topological polar surface area (TPSA) is 61.8 Å². The van der Waals surface area contributed by atoms with Gasteiger partial charge >= 0.3 is 11.9 Å². The molecule has 6 heteroatoms. The van der Waals surface area contributed by atoms with Crippen molar-refractivity contribution in [3.63, 3.8) is 0 Å². The maximum absolute atomic E-state index is 12.3. The molecular weight excluding hydrogens is 564 g/mol. The van der Waals surface area contributed by atoms with Crippen LogP contribution in [0, 0.1) is 0 Å². The Bertz CT molecular complexity index is 587. The summed E-state index contributed by atoms with van der Waals surface area (Å²) in [4.78, 5) is 24.7. The summed E-state index contributed by atoms with van der Waals surface area (Å²) in [6, 6.07) is 0. The van der Waals surface area contributed by atoms with Crippen molar-refractivity contribution in [3.05, 3.63) is 0 Å². The van der Waals surface area contributed by atoms with Gasteiger partial charge in [0.2, 0.25) is 0 Å². The lowest BCUT2D eigenvalue weighted by atomic mass is 10.0. The molecule has 44 heavy (non-hydrogen) atoms. The van der Waals surface area contributed by atoms with E-state index in [0.29, 0.717) is 12.8 Å². The first-order valence-electron chi connectivity index (χ1n) is 19.3. The summed E-state index contributed by atoms with van der Waals surface area (Å²) in [5, 5.41) is 0. The number of hydrogen-bond acceptors (Lipinski definition) is 5. The zero-order valence-corrected chi connectivity index (χ0v) is 31.3. The second kappa shape index (κ2) is 32.1. The van der Waals surface area contributed by atoms with Crippen LogP contribution >= 0.6 is 0 Å². The fourth-order valence-corrected chi connectivity index (χ4v) is 6.84. The van der Waals surface area contributed by atoms with Gasteiger partial charge in [0, 0.05) is 12.8 Å². The Kier molecular flexibility index (Phi) is 31.4. The van der Waals surface area contributed by atoms with Crippen LogP contribution in [0.3, 0.4) is 0 Å². The van der Waals surface area contributed by atoms with Crippen LogP contribution in [0.25, 0.3) is 0 Å². The van der Waals surface area contributed by atoms with Crippen molar-refractivity contribution >= 4 is 20.3 Å². The lowest BCUT2D eigenvalue weighted by Gasteiger charge is -2.26. The number of carbonyl (C=O) groups excluding carboxylic acids is 2. The standard InChI is InChI=1S/C38H76O5Si/c1-6-8-10-12-14-16-18-20-22-24-26-28-30-32-37(39)41-34-36(43-44(3,4)5)35-42-38(40)33-31-29-27-25-23-21-19-17-15-13-11-9-7-2/h36H,6-35H2,1-5H3. The quantitative estimate of drug-likeness (QED) is 0.0398. The van der Waals surface area contributed by atoms with E-state index in [4.69, 9.17) is 13.9 Å². The van der Waals surface area contributed by atoms with E-state index >= 15 is 0 Å². The van der Waals surface area contributed by atoms with E-state index < -0.39 is 8.32 Å². The summed E-state index contributed by atoms with van der Waals surface area (Å²) < 4.78 is 17.2. The van der Waals surface area contributed by atoms with E-state index in [1.807, 2.05) is 0 Å². The molecule has 0 amide bonds. The normalized spacial score (nSPS) is 11.8. The van der Waals surface area contributed by atoms with E-state index in [-0.39, 0.29) is 31.3 Å². The Morgan fingerprint density at radius 3 is 0.932 bits per heavy atom. The van der Waals surface area contributed by atoms with Crippen LogP contribution in [0.5, 0.6) is 0 Å². The van der Waals surface area contributed by atoms with Crippen LogP contribution in [0.15, 0.2) is 0 Å². The van der Waals surface area contributed by atoms with Gasteiger partial charge in [-0.15, -0.1) is 0 Å². The van der Waals surface area contributed by atoms with Gasteiger partial charge in [0.25, 0.3) is 0 Å². The monoisotopic (exact) mass is 641 g/mol. The lowest BCUT2D eigenvalue weighted by Crippen LogP contribution is -2.38. The summed E-state index contributed by atoms with van der Waals surface area (Å²) >= 11 is 0. The van der Waals surface area contributed by atoms with Crippen LogP contribution in [0.4, 0.5) is 0 Å². The van der Waals surface area contributed by atoms with Crippen LogP contribution in [-0.2, 0) is 23.5 Å². The zero-order chi connectivity index (χ0) is 32.6. The number of carbonyl (C=O) groups is 2. The molecular formula is C38H76O5Si. The molecule has 0 spiro atoms. The summed E-state index contributed by atoms with van der Waals surface area (Å²) in [5.74, 6) is -0.342. The highest BCUT2D eigenvalue weighted by Crippen LogP contribution is 2.15. The molecule has 0 aliphatic heterocycles. The smallest absolute Gasteiger partial charge is 0.305 e. The van der Waals surface area contributed by atoms with Crippen molar-refractivity contribution in [1.82, 2.24) is 0 Å². The third-order valence-electron chi connectivity index (χ3n) is 8.35. The van der Waals surface area contributed by atoms with Gasteiger partial charge in [-0.3, -0.25) is 9.59 Å². The molecule has 0 radical (unpaired) electrons. The van der Waals surface area contributed by atoms with E-state index in [1.165, 1.54) is 141 Å². The van der Waals surface area contributed by atoms with Crippen molar-refractivity contribution in [2.45, 2.75) is 219 Å². The molecule has 0 rings (SSSR count). The number of ether oxygens (including phenoxy) is 2. The molecule has 0 N–H and O–H groups in total. The molecule has 0 heterocycles. The third-order valence-corrected chi connectivity index (χ3v) is 9.39. The van der Waals surface area contributed by atoms with E-state index in [2.05, 4.69) is 33.5 Å². The summed E-state index contributed by atoms with van der Waals surface area (Å²) in [6.07, 6.45) is 34.0. The summed E-state index contributed by atoms with van der Waals surface area (Å²) in [6.45, 7) is 11.2. The van der Waals surface area contributed by atoms with Gasteiger partial charge in [-0.2, -0.15) is 0 Å². The van der Waals surface area contributed by atoms with E-state index in [0.717, 1.165) is 25.7 Å². The highest BCUT2D eigenvalue weighted by atomic mass is 28.4. The first-order chi connectivity index (χ1) is 21.3. The highest BCUT2D eigenvalue weighted by molar-refractivity contribution is 6.69. The fraction of sp³-hybridized carbons (Fsp3) is 0.947. The Morgan fingerprint density at radius 1 is 0.432 bits per heavy atom. The average molecular weight is 641 g/mol. The van der Waals surface area contributed by atoms with Crippen molar-refractivity contribution in [3.8, 4) is 0 Å². The molecule has 0 aromatic rings. The molecule has 0 aromatic heterocycles. The van der Waals surface area contributed by atoms with E-state index in [9.17, 15) is 9.59 Å². The number of rotatable bonds is 34. The van der Waals surface area contributed by atoms with Gasteiger partial charge in [-0.1, -0.05) is 168 Å². The van der Waals surface area contributed by atoms with Crippen molar-refractivity contribution in [1.29, 1.82) is 0 Å². The zero-order valence-electron chi connectivity index (χ0n) is 30.3. The predicted octanol–water partition coefficient (Wildman–Crippen LogP) is 12.3. The Balaban J connectivity index is 3.84. The minimum absolute atomic E-state index is 0.160. The SMILES string of the molecule is CCCCCCCCCCCCCCCC(=O)OCC(COC(=O)CCCCCCCCCCCCCCC)O[Si](C)(C)C. The maximum atomic E-state index is 12.3. The Labute approximate surface area is 275 Å². The first-order valence-corrected chi connectivity index (χ1v) is 22.7. The van der Waals surface area contributed by atoms with Crippen LogP contribution in [0.2, 0.25) is 19.6 Å². The molecule has 0 aromatic carbocycles. The summed E-state index contributed by atoms with van der Waals surface area (Å²) in [5.41, 5.74) is 0. The van der Waals surface area contributed by atoms with Crippen LogP contribution in [-0.4, -0.2) is 39.6 Å². The van der Waals surface area contributed by atoms with Crippen LogP contribution < -0.4 is 0 Å². The second-order valence-electron chi connectivity index (χ2n) is 14.2. The molecule has 0 atom stereocenters. The maximum Gasteiger partial charge on any atom is 0.305 e. The third kappa shape index (κ3) is 34.0. The lowest BCUT2D eigenvalue weighted by molar-refractivity contribution is -0.151. The largest absolute Gasteiger partial charge is 0.463 e. The first kappa shape index (κ1) is 43.1. The molecule has 0 aliphatic carbocycles. The molecule has 0 fully saturated rings. The Hall–Kier alpha value is -0.883. The van der Waals surface area contributed by atoms with Crippen molar-refractivity contribution in [2.24, 2.45) is 0 Å². The Morgan fingerprint density at radius 2 is 0.682 bits per heavy atom. The van der Waals surface area contributed by atoms with Gasteiger partial charge in [0.05, 0.1) is 0 Å². The summed E-state index contributed by atoms with van der Waals surface area (Å²) in [7, 11) is -1.87. The minimum atomic E-state index is -1.87. The van der Waals surface area contributed by atoms with Gasteiger partial charge in [0.1, 0.15) is 19.3 Å². The van der Waals surface area contributed by atoms with Gasteiger partial charge in [-0.25, -0.2) is 0 Å². The van der Waals surface area contributed by atoms with Gasteiger partial charge in [-0.05, 0) is 32.5 Å². The second-order valence-corrected chi connectivity index (χ2v) is 18.7. The van der Waals surface area contributed by atoms with Crippen molar-refractivity contribution < 1.29 is 23.5 Å². The number of esters is 2. The number of unbranched alkanes of at least 4 members (excludes halogenated alkanes) is 24. The van der Waals surface area contributed by atoms with E-state index in [1.54, 1.807) is 0 Å². The number of hydrogen-bond donors (Lipinski definition) is 0. The highest BCUT2D eigenvalue weighted by Gasteiger charge is 2.24. The average Bonchev–Trinajstić information content (AvgIpc) is 2.98. The molecule has 0 saturated carbocycles.